The van der Waals surface area contributed by atoms with Crippen molar-refractivity contribution in [3.63, 3.8) is 0 Å². The van der Waals surface area contributed by atoms with E-state index in [1.807, 2.05) is 27.7 Å². The molecule has 3 fully saturated rings. The van der Waals surface area contributed by atoms with Crippen LogP contribution in [0.15, 0.2) is 0 Å². The van der Waals surface area contributed by atoms with Crippen molar-refractivity contribution in [1.29, 1.82) is 0 Å². The summed E-state index contributed by atoms with van der Waals surface area (Å²) >= 11 is 0. The zero-order valence-corrected chi connectivity index (χ0v) is 23.3. The van der Waals surface area contributed by atoms with Gasteiger partial charge in [0.25, 0.3) is 5.85 Å². The van der Waals surface area contributed by atoms with E-state index in [1.165, 1.54) is 0 Å². The van der Waals surface area contributed by atoms with Gasteiger partial charge in [-0.1, -0.05) is 0 Å². The van der Waals surface area contributed by atoms with Gasteiger partial charge in [0.05, 0.1) is 31.8 Å². The molecule has 9 heteroatoms. The third kappa shape index (κ3) is 6.78. The van der Waals surface area contributed by atoms with Crippen LogP contribution in [0.3, 0.4) is 0 Å². The summed E-state index contributed by atoms with van der Waals surface area (Å²) in [5.74, 6) is -1.97. The summed E-state index contributed by atoms with van der Waals surface area (Å²) in [5, 5.41) is 0. The van der Waals surface area contributed by atoms with Crippen LogP contribution in [0.4, 0.5) is 0 Å². The van der Waals surface area contributed by atoms with Crippen molar-refractivity contribution in [3.8, 4) is 0 Å². The number of esters is 2. The Hall–Kier alpha value is -1.26. The van der Waals surface area contributed by atoms with Crippen LogP contribution in [0.2, 0.25) is 0 Å². The molecule has 3 aliphatic rings. The minimum absolute atomic E-state index is 0.000797. The predicted molar refractivity (Wildman–Crippen MR) is 135 cm³/mol. The van der Waals surface area contributed by atoms with E-state index in [1.54, 1.807) is 14.2 Å². The summed E-state index contributed by atoms with van der Waals surface area (Å²) < 4.78 is 29.6. The lowest BCUT2D eigenvalue weighted by atomic mass is 9.87. The molecular formula is C27H48N2O7. The first-order valence-corrected chi connectivity index (χ1v) is 13.8. The van der Waals surface area contributed by atoms with Crippen LogP contribution in [0.5, 0.6) is 0 Å². The maximum absolute atomic E-state index is 14.3. The smallest absolute Gasteiger partial charge is 0.371 e. The zero-order chi connectivity index (χ0) is 26.3. The molecule has 2 saturated heterocycles. The minimum Gasteiger partial charge on any atom is -0.466 e. The quantitative estimate of drug-likeness (QED) is 0.387. The van der Waals surface area contributed by atoms with Crippen molar-refractivity contribution in [2.24, 2.45) is 5.92 Å². The Morgan fingerprint density at radius 1 is 0.861 bits per heavy atom. The van der Waals surface area contributed by atoms with Crippen molar-refractivity contribution in [1.82, 2.24) is 9.80 Å². The normalized spacial score (nSPS) is 29.7. The van der Waals surface area contributed by atoms with Gasteiger partial charge in [-0.3, -0.25) is 9.69 Å². The summed E-state index contributed by atoms with van der Waals surface area (Å²) in [5.41, 5.74) is -0.666. The fraction of sp³-hybridized carbons (Fsp3) is 0.926. The number of carbonyl (C=O) groups is 2. The number of hydrogen-bond donors (Lipinski definition) is 0. The van der Waals surface area contributed by atoms with E-state index in [0.717, 1.165) is 38.8 Å². The molecule has 36 heavy (non-hydrogen) atoms. The molecule has 0 N–H and O–H groups in total. The average Bonchev–Trinajstić information content (AvgIpc) is 3.49. The third-order valence-electron chi connectivity index (χ3n) is 7.51. The highest BCUT2D eigenvalue weighted by atomic mass is 16.6. The fourth-order valence-electron chi connectivity index (χ4n) is 6.02. The molecule has 9 nitrogen and oxygen atoms in total. The first-order valence-electron chi connectivity index (χ1n) is 13.8. The molecule has 1 aliphatic carbocycles. The van der Waals surface area contributed by atoms with Gasteiger partial charge in [0.2, 0.25) is 0 Å². The largest absolute Gasteiger partial charge is 0.466 e. The molecule has 0 aromatic heterocycles. The standard InChI is InChI=1S/C27H48N2O7/c1-7-34-24(30)20-10-14-23(15-11-20)35-27(28-16-8-9-17-28,25(31)36-26(2,3)4)29-21(18-32-5)12-13-22(29)19-33-6/h20-23H,7-19H2,1-6H3/t20?,21-,22-,23?,27?/m1/s1. The van der Waals surface area contributed by atoms with Crippen LogP contribution < -0.4 is 0 Å². The number of likely N-dealkylation sites (tertiary alicyclic amines) is 2. The van der Waals surface area contributed by atoms with E-state index in [0.29, 0.717) is 45.5 Å². The second kappa shape index (κ2) is 13.0. The molecule has 0 amide bonds. The number of ether oxygens (including phenoxy) is 5. The zero-order valence-electron chi connectivity index (χ0n) is 23.3. The van der Waals surface area contributed by atoms with Crippen molar-refractivity contribution >= 4 is 11.9 Å². The van der Waals surface area contributed by atoms with Gasteiger partial charge in [-0.2, -0.15) is 0 Å². The van der Waals surface area contributed by atoms with E-state index in [4.69, 9.17) is 23.7 Å². The van der Waals surface area contributed by atoms with Gasteiger partial charge in [-0.25, -0.2) is 9.69 Å². The molecule has 1 unspecified atom stereocenters. The number of rotatable bonds is 11. The number of carbonyl (C=O) groups excluding carboxylic acids is 2. The molecule has 0 bridgehead atoms. The maximum Gasteiger partial charge on any atom is 0.371 e. The number of nitrogens with zero attached hydrogens (tertiary/aromatic N) is 2. The number of methoxy groups -OCH3 is 2. The van der Waals surface area contributed by atoms with Gasteiger partial charge in [-0.15, -0.1) is 0 Å². The number of hydrogen-bond acceptors (Lipinski definition) is 9. The van der Waals surface area contributed by atoms with E-state index >= 15 is 0 Å². The van der Waals surface area contributed by atoms with E-state index in [9.17, 15) is 9.59 Å². The Kier molecular flexibility index (Phi) is 10.6. The van der Waals surface area contributed by atoms with Crippen molar-refractivity contribution < 1.29 is 33.3 Å². The maximum atomic E-state index is 14.3. The predicted octanol–water partition coefficient (Wildman–Crippen LogP) is 3.34. The van der Waals surface area contributed by atoms with Gasteiger partial charge >= 0.3 is 11.9 Å². The summed E-state index contributed by atoms with van der Waals surface area (Å²) in [4.78, 5) is 31.0. The molecule has 0 spiro atoms. The Labute approximate surface area is 217 Å². The first kappa shape index (κ1) is 29.3. The summed E-state index contributed by atoms with van der Waals surface area (Å²) in [6, 6.07) is -0.00159. The van der Waals surface area contributed by atoms with E-state index in [-0.39, 0.29) is 36.0 Å². The lowest BCUT2D eigenvalue weighted by Gasteiger charge is -2.51. The summed E-state index contributed by atoms with van der Waals surface area (Å²) in [7, 11) is 3.40. The topological polar surface area (TPSA) is 86.8 Å². The van der Waals surface area contributed by atoms with Gasteiger partial charge in [-0.05, 0) is 79.1 Å². The summed E-state index contributed by atoms with van der Waals surface area (Å²) in [6.45, 7) is 10.4. The minimum atomic E-state index is -1.37. The Bertz CT molecular complexity index is 699. The summed E-state index contributed by atoms with van der Waals surface area (Å²) in [6.07, 6.45) is 6.38. The van der Waals surface area contributed by atoms with Crippen LogP contribution in [0.1, 0.15) is 79.1 Å². The Morgan fingerprint density at radius 2 is 1.42 bits per heavy atom. The molecule has 3 atom stereocenters. The Morgan fingerprint density at radius 3 is 1.89 bits per heavy atom. The highest BCUT2D eigenvalue weighted by molar-refractivity contribution is 5.79. The SMILES string of the molecule is CCOC(=O)C1CCC(OC(C(=O)OC(C)(C)C)(N2CCCC2)N2[C@@H](COC)CC[C@@H]2COC)CC1. The molecule has 0 aromatic rings. The average molecular weight is 513 g/mol. The second-order valence-electron chi connectivity index (χ2n) is 11.4. The van der Waals surface area contributed by atoms with Crippen LogP contribution in [0, 0.1) is 5.92 Å². The monoisotopic (exact) mass is 512 g/mol. The van der Waals surface area contributed by atoms with Gasteiger partial charge in [0, 0.05) is 39.4 Å². The second-order valence-corrected chi connectivity index (χ2v) is 11.4. The van der Waals surface area contributed by atoms with Crippen molar-refractivity contribution in [2.45, 2.75) is 109 Å². The Balaban J connectivity index is 1.98. The molecule has 0 aromatic carbocycles. The molecule has 3 rings (SSSR count). The molecular weight excluding hydrogens is 464 g/mol. The molecule has 1 saturated carbocycles. The fourth-order valence-corrected chi connectivity index (χ4v) is 6.02. The first-order chi connectivity index (χ1) is 17.2. The molecule has 2 heterocycles. The van der Waals surface area contributed by atoms with Crippen LogP contribution in [-0.4, -0.2) is 98.5 Å². The van der Waals surface area contributed by atoms with E-state index in [2.05, 4.69) is 9.80 Å². The van der Waals surface area contributed by atoms with Gasteiger partial charge < -0.3 is 23.7 Å². The van der Waals surface area contributed by atoms with Crippen LogP contribution in [0.25, 0.3) is 0 Å². The van der Waals surface area contributed by atoms with Gasteiger partial charge in [0.1, 0.15) is 5.60 Å². The molecule has 0 radical (unpaired) electrons. The molecule has 208 valence electrons. The lowest BCUT2D eigenvalue weighted by Crippen LogP contribution is -2.72. The molecule has 2 aliphatic heterocycles. The van der Waals surface area contributed by atoms with Crippen molar-refractivity contribution in [2.75, 3.05) is 47.1 Å². The third-order valence-corrected chi connectivity index (χ3v) is 7.51. The highest BCUT2D eigenvalue weighted by Gasteiger charge is 2.60. The van der Waals surface area contributed by atoms with E-state index < -0.39 is 11.4 Å². The van der Waals surface area contributed by atoms with Crippen LogP contribution >= 0.6 is 0 Å². The van der Waals surface area contributed by atoms with Gasteiger partial charge in [0.15, 0.2) is 0 Å². The lowest BCUT2D eigenvalue weighted by molar-refractivity contribution is -0.290. The highest BCUT2D eigenvalue weighted by Crippen LogP contribution is 2.42. The van der Waals surface area contributed by atoms with Crippen LogP contribution in [-0.2, 0) is 33.3 Å². The van der Waals surface area contributed by atoms with Crippen molar-refractivity contribution in [3.05, 3.63) is 0 Å².